The number of carbonyl (C=O) groups is 1. The Balaban J connectivity index is 1.80. The predicted octanol–water partition coefficient (Wildman–Crippen LogP) is 7.09. The average molecular weight is 478 g/mol. The van der Waals surface area contributed by atoms with E-state index in [-0.39, 0.29) is 5.75 Å². The summed E-state index contributed by atoms with van der Waals surface area (Å²) in [5.41, 5.74) is 5.07. The fourth-order valence-corrected chi connectivity index (χ4v) is 5.91. The van der Waals surface area contributed by atoms with Crippen molar-refractivity contribution in [2.24, 2.45) is 5.92 Å². The van der Waals surface area contributed by atoms with Crippen LogP contribution in [-0.4, -0.2) is 22.4 Å². The molecular formula is C25H26F3NO3S. The Morgan fingerprint density at radius 3 is 2.58 bits per heavy atom. The van der Waals surface area contributed by atoms with Crippen molar-refractivity contribution in [3.63, 3.8) is 0 Å². The quantitative estimate of drug-likeness (QED) is 0.395. The molecule has 33 heavy (non-hydrogen) atoms. The number of alkyl halides is 3. The van der Waals surface area contributed by atoms with E-state index in [1.54, 1.807) is 30.4 Å². The van der Waals surface area contributed by atoms with Gasteiger partial charge in [0.15, 0.2) is 0 Å². The van der Waals surface area contributed by atoms with E-state index in [9.17, 15) is 23.1 Å². The van der Waals surface area contributed by atoms with Gasteiger partial charge in [-0.05, 0) is 86.3 Å². The first-order chi connectivity index (χ1) is 15.6. The summed E-state index contributed by atoms with van der Waals surface area (Å²) in [6.45, 7) is 3.66. The van der Waals surface area contributed by atoms with Crippen molar-refractivity contribution in [2.45, 2.75) is 65.2 Å². The number of thiophene rings is 1. The number of carboxylic acid groups (broad SMARTS) is 1. The van der Waals surface area contributed by atoms with Gasteiger partial charge in [-0.15, -0.1) is 24.5 Å². The minimum absolute atomic E-state index is 0.252. The number of nitrogens with zero attached hydrogens (tertiary/aromatic N) is 1. The summed E-state index contributed by atoms with van der Waals surface area (Å²) in [5, 5.41) is 10.3. The van der Waals surface area contributed by atoms with Crippen LogP contribution < -0.4 is 4.74 Å². The van der Waals surface area contributed by atoms with Crippen LogP contribution in [0.15, 0.2) is 24.3 Å². The van der Waals surface area contributed by atoms with Gasteiger partial charge in [-0.1, -0.05) is 19.1 Å². The number of aromatic nitrogens is 1. The first-order valence-corrected chi connectivity index (χ1v) is 12.0. The summed E-state index contributed by atoms with van der Waals surface area (Å²) in [5.74, 6) is -1.50. The summed E-state index contributed by atoms with van der Waals surface area (Å²) in [7, 11) is 0. The molecule has 1 aromatic carbocycles. The normalized spacial score (nSPS) is 14.8. The molecule has 0 bridgehead atoms. The van der Waals surface area contributed by atoms with Gasteiger partial charge in [0, 0.05) is 16.0 Å². The van der Waals surface area contributed by atoms with E-state index in [1.165, 1.54) is 22.6 Å². The maximum Gasteiger partial charge on any atom is 0.573 e. The summed E-state index contributed by atoms with van der Waals surface area (Å²) < 4.78 is 41.9. The second-order valence-corrected chi connectivity index (χ2v) is 9.73. The average Bonchev–Trinajstić information content (AvgIpc) is 3.11. The van der Waals surface area contributed by atoms with Crippen molar-refractivity contribution >= 4 is 27.5 Å². The fourth-order valence-electron chi connectivity index (χ4n) is 4.60. The van der Waals surface area contributed by atoms with Crippen molar-refractivity contribution < 1.29 is 27.8 Å². The number of pyridine rings is 1. The first kappa shape index (κ1) is 23.5. The van der Waals surface area contributed by atoms with E-state index in [2.05, 4.69) is 4.74 Å². The number of hydrogen-bond acceptors (Lipinski definition) is 4. The number of hydrogen-bond donors (Lipinski definition) is 1. The Bertz CT molecular complexity index is 1170. The lowest BCUT2D eigenvalue weighted by atomic mass is 9.88. The lowest BCUT2D eigenvalue weighted by Crippen LogP contribution is -2.16. The molecule has 8 heteroatoms. The van der Waals surface area contributed by atoms with Crippen LogP contribution in [0.2, 0.25) is 0 Å². The maximum absolute atomic E-state index is 12.6. The van der Waals surface area contributed by atoms with Gasteiger partial charge in [0.05, 0.1) is 5.92 Å². The Kier molecular flexibility index (Phi) is 6.66. The summed E-state index contributed by atoms with van der Waals surface area (Å²) >= 11 is 1.71. The molecule has 1 aliphatic rings. The largest absolute Gasteiger partial charge is 0.573 e. The SMILES string of the molecule is Cc1nc2sc3c(c2c(-c2ccc(OC(F)(F)F)cc2)c1CCCC(C)C(=O)O)CCCC3. The van der Waals surface area contributed by atoms with Crippen molar-refractivity contribution in [1.82, 2.24) is 4.98 Å². The highest BCUT2D eigenvalue weighted by Gasteiger charge is 2.31. The Hall–Kier alpha value is -2.61. The molecule has 0 fully saturated rings. The highest BCUT2D eigenvalue weighted by atomic mass is 32.1. The predicted molar refractivity (Wildman–Crippen MR) is 123 cm³/mol. The topological polar surface area (TPSA) is 59.4 Å². The van der Waals surface area contributed by atoms with Gasteiger partial charge in [0.2, 0.25) is 0 Å². The van der Waals surface area contributed by atoms with E-state index in [0.29, 0.717) is 19.3 Å². The molecule has 0 aliphatic heterocycles. The molecule has 176 valence electrons. The molecule has 1 atom stereocenters. The fraction of sp³-hybridized carbons (Fsp3) is 0.440. The Morgan fingerprint density at radius 2 is 1.91 bits per heavy atom. The molecule has 2 heterocycles. The standard InChI is InChI=1S/C25H26F3NO3S/c1-14(24(30)31)6-5-8-18-15(2)29-23-22(19-7-3-4-9-20(19)33-23)21(18)16-10-12-17(13-11-16)32-25(26,27)28/h10-14H,3-9H2,1-2H3,(H,30,31). The third kappa shape index (κ3) is 5.16. The second kappa shape index (κ2) is 9.33. The summed E-state index contributed by atoms with van der Waals surface area (Å²) in [6, 6.07) is 6.04. The molecule has 1 unspecified atom stereocenters. The van der Waals surface area contributed by atoms with E-state index in [0.717, 1.165) is 58.3 Å². The molecule has 0 spiro atoms. The van der Waals surface area contributed by atoms with Gasteiger partial charge >= 0.3 is 12.3 Å². The monoisotopic (exact) mass is 477 g/mol. The van der Waals surface area contributed by atoms with E-state index >= 15 is 0 Å². The highest BCUT2D eigenvalue weighted by Crippen LogP contribution is 2.43. The second-order valence-electron chi connectivity index (χ2n) is 8.65. The van der Waals surface area contributed by atoms with E-state index in [1.807, 2.05) is 6.92 Å². The molecule has 0 saturated heterocycles. The van der Waals surface area contributed by atoms with Crippen LogP contribution in [-0.2, 0) is 24.1 Å². The zero-order valence-electron chi connectivity index (χ0n) is 18.6. The zero-order valence-corrected chi connectivity index (χ0v) is 19.4. The van der Waals surface area contributed by atoms with Gasteiger partial charge in [-0.3, -0.25) is 4.79 Å². The van der Waals surface area contributed by atoms with Crippen molar-refractivity contribution in [2.75, 3.05) is 0 Å². The molecule has 0 amide bonds. The van der Waals surface area contributed by atoms with Crippen LogP contribution in [0.3, 0.4) is 0 Å². The molecule has 4 rings (SSSR count). The lowest BCUT2D eigenvalue weighted by Gasteiger charge is -2.18. The third-order valence-electron chi connectivity index (χ3n) is 6.27. The first-order valence-electron chi connectivity index (χ1n) is 11.2. The number of aryl methyl sites for hydroxylation is 3. The van der Waals surface area contributed by atoms with Crippen LogP contribution >= 0.6 is 11.3 Å². The van der Waals surface area contributed by atoms with E-state index < -0.39 is 18.2 Å². The van der Waals surface area contributed by atoms with Crippen LogP contribution in [0.5, 0.6) is 5.75 Å². The van der Waals surface area contributed by atoms with Gasteiger partial charge in [-0.25, -0.2) is 4.98 Å². The minimum Gasteiger partial charge on any atom is -0.481 e. The highest BCUT2D eigenvalue weighted by molar-refractivity contribution is 7.19. The molecule has 0 saturated carbocycles. The van der Waals surface area contributed by atoms with Gasteiger partial charge < -0.3 is 9.84 Å². The van der Waals surface area contributed by atoms with Gasteiger partial charge in [-0.2, -0.15) is 0 Å². The van der Waals surface area contributed by atoms with Crippen LogP contribution in [0.4, 0.5) is 13.2 Å². The van der Waals surface area contributed by atoms with Crippen molar-refractivity contribution in [1.29, 1.82) is 0 Å². The molecule has 1 N–H and O–H groups in total. The molecule has 4 nitrogen and oxygen atoms in total. The Labute approximate surface area is 194 Å². The molecule has 1 aliphatic carbocycles. The Morgan fingerprint density at radius 1 is 1.21 bits per heavy atom. The number of benzene rings is 1. The minimum atomic E-state index is -4.74. The number of ether oxygens (including phenoxy) is 1. The molecule has 2 aromatic heterocycles. The molecular weight excluding hydrogens is 451 g/mol. The number of rotatable bonds is 7. The van der Waals surface area contributed by atoms with Crippen LogP contribution in [0, 0.1) is 12.8 Å². The maximum atomic E-state index is 12.6. The number of halogens is 3. The number of carboxylic acids is 1. The lowest BCUT2D eigenvalue weighted by molar-refractivity contribution is -0.274. The van der Waals surface area contributed by atoms with Crippen molar-refractivity contribution in [3.8, 4) is 16.9 Å². The smallest absolute Gasteiger partial charge is 0.481 e. The summed E-state index contributed by atoms with van der Waals surface area (Å²) in [4.78, 5) is 18.4. The van der Waals surface area contributed by atoms with Gasteiger partial charge in [0.25, 0.3) is 0 Å². The molecule has 3 aromatic rings. The summed E-state index contributed by atoms with van der Waals surface area (Å²) in [6.07, 6.45) is 1.42. The zero-order chi connectivity index (χ0) is 23.8. The van der Waals surface area contributed by atoms with Gasteiger partial charge in [0.1, 0.15) is 10.6 Å². The van der Waals surface area contributed by atoms with Crippen LogP contribution in [0.25, 0.3) is 21.3 Å². The number of aliphatic carboxylic acids is 1. The van der Waals surface area contributed by atoms with Crippen molar-refractivity contribution in [3.05, 3.63) is 46.0 Å². The molecule has 0 radical (unpaired) electrons. The van der Waals surface area contributed by atoms with Crippen LogP contribution in [0.1, 0.15) is 54.3 Å². The van der Waals surface area contributed by atoms with E-state index in [4.69, 9.17) is 4.98 Å². The number of fused-ring (bicyclic) bond motifs is 3. The third-order valence-corrected chi connectivity index (χ3v) is 7.46.